The second kappa shape index (κ2) is 6.55. The van der Waals surface area contributed by atoms with Crippen LogP contribution in [0.3, 0.4) is 0 Å². The predicted molar refractivity (Wildman–Crippen MR) is 75.6 cm³/mol. The van der Waals surface area contributed by atoms with Gasteiger partial charge in [0.2, 0.25) is 0 Å². The number of aliphatic carboxylic acids is 1. The first-order chi connectivity index (χ1) is 9.63. The molecule has 1 aromatic rings. The number of carboxylic acid groups (broad SMARTS) is 2. The standard InChI is InChI=1S/C12H16N2O6S/c1-8-3-4-9(12(17)18)7-10(8)13-21(19,20)14(2)6-5-11(15)16/h3-4,7,13H,5-6H2,1-2H3,(H,15,16)(H,17,18). The molecular formula is C12H16N2O6S. The molecule has 0 aromatic heterocycles. The molecule has 0 heterocycles. The number of rotatable bonds is 7. The molecule has 116 valence electrons. The van der Waals surface area contributed by atoms with E-state index in [4.69, 9.17) is 10.2 Å². The molecule has 9 heteroatoms. The second-order valence-corrected chi connectivity index (χ2v) is 6.18. The summed E-state index contributed by atoms with van der Waals surface area (Å²) in [4.78, 5) is 21.3. The maximum absolute atomic E-state index is 12.0. The van der Waals surface area contributed by atoms with E-state index in [1.54, 1.807) is 6.92 Å². The van der Waals surface area contributed by atoms with E-state index < -0.39 is 22.1 Å². The van der Waals surface area contributed by atoms with Gasteiger partial charge in [-0.25, -0.2) is 4.79 Å². The molecule has 3 N–H and O–H groups in total. The third-order valence-electron chi connectivity index (χ3n) is 2.77. The number of aryl methyl sites for hydroxylation is 1. The van der Waals surface area contributed by atoms with Gasteiger partial charge < -0.3 is 10.2 Å². The summed E-state index contributed by atoms with van der Waals surface area (Å²) in [7, 11) is -2.71. The molecule has 0 aliphatic carbocycles. The lowest BCUT2D eigenvalue weighted by molar-refractivity contribution is -0.137. The van der Waals surface area contributed by atoms with Crippen LogP contribution < -0.4 is 4.72 Å². The molecule has 8 nitrogen and oxygen atoms in total. The molecule has 0 aliphatic heterocycles. The first-order valence-electron chi connectivity index (χ1n) is 5.93. The third-order valence-corrected chi connectivity index (χ3v) is 4.26. The summed E-state index contributed by atoms with van der Waals surface area (Å²) in [5, 5.41) is 17.5. The fraction of sp³-hybridized carbons (Fsp3) is 0.333. The molecule has 0 aliphatic rings. The predicted octanol–water partition coefficient (Wildman–Crippen LogP) is 0.756. The van der Waals surface area contributed by atoms with Crippen molar-refractivity contribution in [3.63, 3.8) is 0 Å². The highest BCUT2D eigenvalue weighted by Gasteiger charge is 2.19. The summed E-state index contributed by atoms with van der Waals surface area (Å²) in [6, 6.07) is 4.06. The van der Waals surface area contributed by atoms with Crippen molar-refractivity contribution >= 4 is 27.8 Å². The molecule has 1 aromatic carbocycles. The number of nitrogens with one attached hydrogen (secondary N) is 1. The van der Waals surface area contributed by atoms with Crippen LogP contribution in [0.15, 0.2) is 18.2 Å². The molecule has 0 bridgehead atoms. The number of nitrogens with zero attached hydrogens (tertiary/aromatic N) is 1. The van der Waals surface area contributed by atoms with Crippen LogP contribution in [0.1, 0.15) is 22.3 Å². The highest BCUT2D eigenvalue weighted by molar-refractivity contribution is 7.90. The van der Waals surface area contributed by atoms with Crippen LogP contribution in [0.25, 0.3) is 0 Å². The molecule has 1 rings (SSSR count). The lowest BCUT2D eigenvalue weighted by Crippen LogP contribution is -2.34. The number of anilines is 1. The summed E-state index contributed by atoms with van der Waals surface area (Å²) < 4.78 is 27.1. The van der Waals surface area contributed by atoms with Crippen LogP contribution in [-0.2, 0) is 15.0 Å². The van der Waals surface area contributed by atoms with E-state index in [0.29, 0.717) is 5.56 Å². The maximum Gasteiger partial charge on any atom is 0.335 e. The lowest BCUT2D eigenvalue weighted by Gasteiger charge is -2.18. The maximum atomic E-state index is 12.0. The Balaban J connectivity index is 2.95. The van der Waals surface area contributed by atoms with Gasteiger partial charge in [0.1, 0.15) is 0 Å². The number of carbonyl (C=O) groups is 2. The summed E-state index contributed by atoms with van der Waals surface area (Å²) in [6.45, 7) is 1.43. The Morgan fingerprint density at radius 1 is 1.29 bits per heavy atom. The molecule has 0 atom stereocenters. The molecule has 0 saturated carbocycles. The number of hydrogen-bond donors (Lipinski definition) is 3. The molecule has 0 amide bonds. The third kappa shape index (κ3) is 4.72. The van der Waals surface area contributed by atoms with E-state index in [1.165, 1.54) is 25.2 Å². The second-order valence-electron chi connectivity index (χ2n) is 4.41. The minimum Gasteiger partial charge on any atom is -0.481 e. The first kappa shape index (κ1) is 16.9. The Hall–Kier alpha value is -2.13. The molecule has 0 saturated heterocycles. The van der Waals surface area contributed by atoms with Crippen molar-refractivity contribution in [1.29, 1.82) is 0 Å². The number of benzene rings is 1. The van der Waals surface area contributed by atoms with Crippen molar-refractivity contribution in [3.8, 4) is 0 Å². The van der Waals surface area contributed by atoms with Crippen LogP contribution in [0.4, 0.5) is 5.69 Å². The number of carboxylic acids is 2. The van der Waals surface area contributed by atoms with E-state index in [9.17, 15) is 18.0 Å². The van der Waals surface area contributed by atoms with Crippen LogP contribution in [-0.4, -0.2) is 48.5 Å². The minimum atomic E-state index is -3.95. The highest BCUT2D eigenvalue weighted by Crippen LogP contribution is 2.19. The van der Waals surface area contributed by atoms with Gasteiger partial charge in [-0.1, -0.05) is 6.07 Å². The largest absolute Gasteiger partial charge is 0.481 e. The Kier molecular flexibility index (Phi) is 5.28. The summed E-state index contributed by atoms with van der Waals surface area (Å²) in [5.74, 6) is -2.28. The van der Waals surface area contributed by atoms with E-state index in [2.05, 4.69) is 4.72 Å². The van der Waals surface area contributed by atoms with Crippen LogP contribution in [0.5, 0.6) is 0 Å². The SMILES string of the molecule is Cc1ccc(C(=O)O)cc1NS(=O)(=O)N(C)CCC(=O)O. The Morgan fingerprint density at radius 3 is 2.43 bits per heavy atom. The molecule has 21 heavy (non-hydrogen) atoms. The monoisotopic (exact) mass is 316 g/mol. The van der Waals surface area contributed by atoms with Gasteiger partial charge in [0.15, 0.2) is 0 Å². The Morgan fingerprint density at radius 2 is 1.90 bits per heavy atom. The average Bonchev–Trinajstić information content (AvgIpc) is 2.37. The van der Waals surface area contributed by atoms with Gasteiger partial charge in [0.05, 0.1) is 17.7 Å². The van der Waals surface area contributed by atoms with E-state index in [1.807, 2.05) is 0 Å². The Labute approximate surface area is 122 Å². The Bertz CT molecular complexity index is 656. The van der Waals surface area contributed by atoms with Crippen LogP contribution >= 0.6 is 0 Å². The van der Waals surface area contributed by atoms with Gasteiger partial charge >= 0.3 is 22.1 Å². The first-order valence-corrected chi connectivity index (χ1v) is 7.37. The zero-order valence-corrected chi connectivity index (χ0v) is 12.3. The summed E-state index contributed by atoms with van der Waals surface area (Å²) >= 11 is 0. The zero-order chi connectivity index (χ0) is 16.2. The highest BCUT2D eigenvalue weighted by atomic mass is 32.2. The fourth-order valence-corrected chi connectivity index (χ4v) is 2.44. The summed E-state index contributed by atoms with van der Waals surface area (Å²) in [5.41, 5.74) is 0.638. The van der Waals surface area contributed by atoms with E-state index >= 15 is 0 Å². The van der Waals surface area contributed by atoms with Crippen LogP contribution in [0.2, 0.25) is 0 Å². The van der Waals surface area contributed by atoms with E-state index in [0.717, 1.165) is 4.31 Å². The molecule has 0 unspecified atom stereocenters. The molecule has 0 spiro atoms. The quantitative estimate of drug-likeness (QED) is 0.682. The van der Waals surface area contributed by atoms with Gasteiger partial charge in [0.25, 0.3) is 0 Å². The lowest BCUT2D eigenvalue weighted by atomic mass is 10.1. The normalized spacial score (nSPS) is 11.4. The van der Waals surface area contributed by atoms with Gasteiger partial charge in [-0.05, 0) is 24.6 Å². The minimum absolute atomic E-state index is 0.0495. The summed E-state index contributed by atoms with van der Waals surface area (Å²) in [6.07, 6.45) is -0.328. The van der Waals surface area contributed by atoms with Gasteiger partial charge in [-0.15, -0.1) is 0 Å². The molecule has 0 radical (unpaired) electrons. The molecule has 0 fully saturated rings. The smallest absolute Gasteiger partial charge is 0.335 e. The number of aromatic carboxylic acids is 1. The topological polar surface area (TPSA) is 124 Å². The van der Waals surface area contributed by atoms with Gasteiger partial charge in [-0.3, -0.25) is 9.52 Å². The van der Waals surface area contributed by atoms with Gasteiger partial charge in [0, 0.05) is 13.6 Å². The van der Waals surface area contributed by atoms with E-state index in [-0.39, 0.29) is 24.2 Å². The van der Waals surface area contributed by atoms with Gasteiger partial charge in [-0.2, -0.15) is 12.7 Å². The zero-order valence-electron chi connectivity index (χ0n) is 11.5. The fourth-order valence-electron chi connectivity index (χ4n) is 1.46. The van der Waals surface area contributed by atoms with Crippen LogP contribution in [0, 0.1) is 6.92 Å². The van der Waals surface area contributed by atoms with Crippen molar-refractivity contribution in [2.24, 2.45) is 0 Å². The van der Waals surface area contributed by atoms with Crippen molar-refractivity contribution < 1.29 is 28.2 Å². The van der Waals surface area contributed by atoms with Crippen molar-refractivity contribution in [1.82, 2.24) is 4.31 Å². The van der Waals surface area contributed by atoms with Crippen molar-refractivity contribution in [3.05, 3.63) is 29.3 Å². The van der Waals surface area contributed by atoms with Crippen molar-refractivity contribution in [2.75, 3.05) is 18.3 Å². The number of hydrogen-bond acceptors (Lipinski definition) is 4. The average molecular weight is 316 g/mol. The molecular weight excluding hydrogens is 300 g/mol. The van der Waals surface area contributed by atoms with Crippen molar-refractivity contribution in [2.45, 2.75) is 13.3 Å².